The van der Waals surface area contributed by atoms with Crippen LogP contribution in [-0.4, -0.2) is 38.2 Å². The van der Waals surface area contributed by atoms with Gasteiger partial charge in [0.15, 0.2) is 5.82 Å². The first kappa shape index (κ1) is 17.6. The van der Waals surface area contributed by atoms with Crippen molar-refractivity contribution < 1.29 is 4.79 Å². The molecule has 7 heteroatoms. The Morgan fingerprint density at radius 1 is 1.15 bits per heavy atom. The second-order valence-corrected chi connectivity index (χ2v) is 6.14. The van der Waals surface area contributed by atoms with Crippen molar-refractivity contribution in [2.24, 2.45) is 0 Å². The van der Waals surface area contributed by atoms with Crippen LogP contribution >= 0.6 is 0 Å². The van der Waals surface area contributed by atoms with Crippen LogP contribution in [0.5, 0.6) is 0 Å². The van der Waals surface area contributed by atoms with Crippen LogP contribution in [-0.2, 0) is 13.0 Å². The minimum atomic E-state index is -0.171. The van der Waals surface area contributed by atoms with E-state index in [0.717, 1.165) is 17.7 Å². The molecule has 3 aromatic rings. The van der Waals surface area contributed by atoms with Gasteiger partial charge in [0.05, 0.1) is 5.69 Å². The highest BCUT2D eigenvalue weighted by Gasteiger charge is 2.11. The summed E-state index contributed by atoms with van der Waals surface area (Å²) >= 11 is 0. The lowest BCUT2D eigenvalue weighted by molar-refractivity contribution is 0.220. The van der Waals surface area contributed by atoms with Crippen molar-refractivity contribution in [1.29, 1.82) is 0 Å². The summed E-state index contributed by atoms with van der Waals surface area (Å²) in [5.74, 6) is 0.682. The van der Waals surface area contributed by atoms with Gasteiger partial charge in [-0.05, 0) is 53.1 Å². The number of tetrazole rings is 1. The van der Waals surface area contributed by atoms with Crippen molar-refractivity contribution in [3.63, 3.8) is 0 Å². The van der Waals surface area contributed by atoms with Gasteiger partial charge in [0, 0.05) is 19.3 Å². The molecule has 1 aromatic heterocycles. The molecular weight excluding hydrogens is 328 g/mol. The maximum Gasteiger partial charge on any atom is 0.321 e. The Labute approximate surface area is 152 Å². The number of hydrogen-bond donors (Lipinski definition) is 1. The molecule has 1 N–H and O–H groups in total. The Morgan fingerprint density at radius 2 is 1.88 bits per heavy atom. The van der Waals surface area contributed by atoms with Gasteiger partial charge in [-0.2, -0.15) is 4.68 Å². The van der Waals surface area contributed by atoms with Gasteiger partial charge in [-0.3, -0.25) is 0 Å². The molecule has 2 amide bonds. The lowest BCUT2D eigenvalue weighted by atomic mass is 10.1. The fourth-order valence-electron chi connectivity index (χ4n) is 2.63. The molecule has 3 rings (SSSR count). The Bertz CT molecular complexity index is 887. The number of carbonyl (C=O) groups excluding carboxylic acids is 1. The molecule has 0 aliphatic rings. The summed E-state index contributed by atoms with van der Waals surface area (Å²) < 4.78 is 1.62. The predicted octanol–water partition coefficient (Wildman–Crippen LogP) is 3.20. The van der Waals surface area contributed by atoms with Gasteiger partial charge in [-0.25, -0.2) is 4.79 Å². The van der Waals surface area contributed by atoms with Crippen LogP contribution < -0.4 is 5.32 Å². The molecular formula is C19H22N6O. The lowest BCUT2D eigenvalue weighted by Crippen LogP contribution is -2.30. The Balaban J connectivity index is 1.66. The van der Waals surface area contributed by atoms with Crippen LogP contribution in [0.2, 0.25) is 0 Å². The van der Waals surface area contributed by atoms with E-state index in [9.17, 15) is 4.79 Å². The molecule has 0 aliphatic carbocycles. The highest BCUT2D eigenvalue weighted by atomic mass is 16.2. The number of carbonyl (C=O) groups is 1. The van der Waals surface area contributed by atoms with E-state index in [1.807, 2.05) is 31.2 Å². The van der Waals surface area contributed by atoms with Crippen LogP contribution in [0, 0.1) is 6.92 Å². The van der Waals surface area contributed by atoms with Crippen LogP contribution in [0.25, 0.3) is 5.69 Å². The molecule has 0 fully saturated rings. The summed E-state index contributed by atoms with van der Waals surface area (Å²) in [5.41, 5.74) is 3.87. The molecule has 0 radical (unpaired) electrons. The zero-order valence-electron chi connectivity index (χ0n) is 15.2. The number of nitrogens with one attached hydrogen (secondary N) is 1. The molecule has 134 valence electrons. The van der Waals surface area contributed by atoms with Gasteiger partial charge >= 0.3 is 6.03 Å². The Morgan fingerprint density at radius 3 is 2.54 bits per heavy atom. The van der Waals surface area contributed by atoms with E-state index in [0.29, 0.717) is 18.1 Å². The fourth-order valence-corrected chi connectivity index (χ4v) is 2.63. The molecule has 0 saturated heterocycles. The first-order chi connectivity index (χ1) is 12.6. The third kappa shape index (κ3) is 4.05. The summed E-state index contributed by atoms with van der Waals surface area (Å²) in [6.07, 6.45) is 1.01. The summed E-state index contributed by atoms with van der Waals surface area (Å²) in [7, 11) is 1.78. The van der Waals surface area contributed by atoms with E-state index in [4.69, 9.17) is 0 Å². The number of aromatic nitrogens is 4. The van der Waals surface area contributed by atoms with E-state index in [1.165, 1.54) is 5.56 Å². The molecule has 0 aliphatic heterocycles. The third-order valence-electron chi connectivity index (χ3n) is 4.17. The molecule has 7 nitrogen and oxygen atoms in total. The van der Waals surface area contributed by atoms with Crippen molar-refractivity contribution in [2.45, 2.75) is 26.8 Å². The minimum Gasteiger partial charge on any atom is -0.323 e. The molecule has 0 saturated carbocycles. The second kappa shape index (κ2) is 7.77. The largest absolute Gasteiger partial charge is 0.323 e. The highest BCUT2D eigenvalue weighted by Crippen LogP contribution is 2.15. The van der Waals surface area contributed by atoms with Gasteiger partial charge in [0.1, 0.15) is 0 Å². The standard InChI is InChI=1S/C19H22N6O/c1-4-15-8-10-16(11-9-15)13-24(3)19(26)20-17-6-5-7-18(12-17)25-14(2)21-22-23-25/h5-12H,4,13H2,1-3H3,(H,20,26). The zero-order chi connectivity index (χ0) is 18.5. The Kier molecular flexibility index (Phi) is 5.26. The van der Waals surface area contributed by atoms with Crippen LogP contribution in [0.15, 0.2) is 48.5 Å². The van der Waals surface area contributed by atoms with Crippen LogP contribution in [0.4, 0.5) is 10.5 Å². The van der Waals surface area contributed by atoms with Crippen molar-refractivity contribution >= 4 is 11.7 Å². The smallest absolute Gasteiger partial charge is 0.321 e. The van der Waals surface area contributed by atoms with Gasteiger partial charge in [-0.1, -0.05) is 37.3 Å². The molecule has 2 aromatic carbocycles. The van der Waals surface area contributed by atoms with E-state index >= 15 is 0 Å². The quantitative estimate of drug-likeness (QED) is 0.767. The first-order valence-electron chi connectivity index (χ1n) is 8.52. The highest BCUT2D eigenvalue weighted by molar-refractivity contribution is 5.89. The van der Waals surface area contributed by atoms with Gasteiger partial charge in [0.25, 0.3) is 0 Å². The number of amides is 2. The van der Waals surface area contributed by atoms with Gasteiger partial charge in [-0.15, -0.1) is 5.10 Å². The number of aryl methyl sites for hydroxylation is 2. The predicted molar refractivity (Wildman–Crippen MR) is 100 cm³/mol. The summed E-state index contributed by atoms with van der Waals surface area (Å²) in [6, 6.07) is 15.6. The molecule has 1 heterocycles. The van der Waals surface area contributed by atoms with Gasteiger partial charge in [0.2, 0.25) is 0 Å². The summed E-state index contributed by atoms with van der Waals surface area (Å²) in [5, 5.41) is 14.4. The summed E-state index contributed by atoms with van der Waals surface area (Å²) in [4.78, 5) is 14.1. The molecule has 0 atom stereocenters. The summed E-state index contributed by atoms with van der Waals surface area (Å²) in [6.45, 7) is 4.49. The molecule has 0 unspecified atom stereocenters. The lowest BCUT2D eigenvalue weighted by Gasteiger charge is -2.18. The number of hydrogen-bond acceptors (Lipinski definition) is 4. The van der Waals surface area contributed by atoms with Crippen LogP contribution in [0.1, 0.15) is 23.9 Å². The normalized spacial score (nSPS) is 10.6. The van der Waals surface area contributed by atoms with Crippen molar-refractivity contribution in [3.8, 4) is 5.69 Å². The number of anilines is 1. The van der Waals surface area contributed by atoms with E-state index in [2.05, 4.69) is 52.0 Å². The number of nitrogens with zero attached hydrogens (tertiary/aromatic N) is 5. The SMILES string of the molecule is CCc1ccc(CN(C)C(=O)Nc2cccc(-n3nnnc3C)c2)cc1. The number of urea groups is 1. The van der Waals surface area contributed by atoms with E-state index in [-0.39, 0.29) is 6.03 Å². The maximum absolute atomic E-state index is 12.5. The maximum atomic E-state index is 12.5. The minimum absolute atomic E-state index is 0.171. The zero-order valence-corrected chi connectivity index (χ0v) is 15.2. The first-order valence-corrected chi connectivity index (χ1v) is 8.52. The van der Waals surface area contributed by atoms with E-state index < -0.39 is 0 Å². The number of rotatable bonds is 5. The van der Waals surface area contributed by atoms with Crippen molar-refractivity contribution in [2.75, 3.05) is 12.4 Å². The molecule has 26 heavy (non-hydrogen) atoms. The molecule has 0 bridgehead atoms. The van der Waals surface area contributed by atoms with Gasteiger partial charge < -0.3 is 10.2 Å². The average Bonchev–Trinajstić information content (AvgIpc) is 3.08. The van der Waals surface area contributed by atoms with Crippen molar-refractivity contribution in [1.82, 2.24) is 25.1 Å². The second-order valence-electron chi connectivity index (χ2n) is 6.14. The monoisotopic (exact) mass is 350 g/mol. The fraction of sp³-hybridized carbons (Fsp3) is 0.263. The van der Waals surface area contributed by atoms with Crippen LogP contribution in [0.3, 0.4) is 0 Å². The topological polar surface area (TPSA) is 75.9 Å². The number of benzene rings is 2. The third-order valence-corrected chi connectivity index (χ3v) is 4.17. The van der Waals surface area contributed by atoms with Crippen molar-refractivity contribution in [3.05, 3.63) is 65.5 Å². The Hall–Kier alpha value is -3.22. The van der Waals surface area contributed by atoms with E-state index in [1.54, 1.807) is 16.6 Å². The molecule has 0 spiro atoms. The average molecular weight is 350 g/mol.